The van der Waals surface area contributed by atoms with Crippen LogP contribution in [0.15, 0.2) is 23.2 Å². The van der Waals surface area contributed by atoms with Crippen LogP contribution < -0.4 is 10.6 Å². The van der Waals surface area contributed by atoms with Crippen molar-refractivity contribution < 1.29 is 13.3 Å². The molecule has 0 saturated heterocycles. The number of ether oxygens (including phenoxy) is 1. The Kier molecular flexibility index (Phi) is 9.21. The van der Waals surface area contributed by atoms with Gasteiger partial charge in [-0.15, -0.1) is 0 Å². The van der Waals surface area contributed by atoms with Crippen molar-refractivity contribution in [1.29, 1.82) is 0 Å². The molecule has 1 aromatic carbocycles. The van der Waals surface area contributed by atoms with Gasteiger partial charge in [-0.2, -0.15) is 0 Å². The van der Waals surface area contributed by atoms with E-state index in [2.05, 4.69) is 15.6 Å². The standard InChI is InChI=1S/C20H32FN3O2S/c1-4-22-20(24-17-7-6-8-18(12-17)27(25)5-2)23-13-15-9-10-19(21)16(11-15)14-26-3/h9-11,17-18H,4-8,12-14H2,1-3H3,(H2,22,23,24). The number of aliphatic imine (C=N–C) groups is 1. The zero-order chi connectivity index (χ0) is 19.6. The molecule has 1 aliphatic rings. The predicted molar refractivity (Wildman–Crippen MR) is 110 cm³/mol. The van der Waals surface area contributed by atoms with Gasteiger partial charge in [0.1, 0.15) is 5.82 Å². The molecule has 2 N–H and O–H groups in total. The molecule has 0 aromatic heterocycles. The van der Waals surface area contributed by atoms with Crippen molar-refractivity contribution in [1.82, 2.24) is 10.6 Å². The molecule has 7 heteroatoms. The fourth-order valence-electron chi connectivity index (χ4n) is 3.43. The Labute approximate surface area is 164 Å². The summed E-state index contributed by atoms with van der Waals surface area (Å²) in [6.45, 7) is 5.49. The molecule has 2 rings (SSSR count). The summed E-state index contributed by atoms with van der Waals surface area (Å²) in [7, 11) is 0.815. The number of methoxy groups -OCH3 is 1. The highest BCUT2D eigenvalue weighted by Gasteiger charge is 2.26. The fraction of sp³-hybridized carbons (Fsp3) is 0.650. The molecule has 0 amide bonds. The van der Waals surface area contributed by atoms with Crippen LogP contribution in [0.3, 0.4) is 0 Å². The highest BCUT2D eigenvalue weighted by atomic mass is 32.2. The van der Waals surface area contributed by atoms with Crippen LogP contribution in [-0.4, -0.2) is 40.9 Å². The maximum absolute atomic E-state index is 13.8. The molecule has 5 nitrogen and oxygen atoms in total. The Balaban J connectivity index is 2.01. The summed E-state index contributed by atoms with van der Waals surface area (Å²) in [6, 6.07) is 5.30. The predicted octanol–water partition coefficient (Wildman–Crippen LogP) is 3.11. The van der Waals surface area contributed by atoms with E-state index in [1.54, 1.807) is 19.2 Å². The third kappa shape index (κ3) is 6.88. The number of hydrogen-bond donors (Lipinski definition) is 2. The van der Waals surface area contributed by atoms with Gasteiger partial charge in [-0.25, -0.2) is 9.38 Å². The molecule has 0 aliphatic heterocycles. The second-order valence-electron chi connectivity index (χ2n) is 6.85. The smallest absolute Gasteiger partial charge is 0.191 e. The van der Waals surface area contributed by atoms with Crippen LogP contribution in [0.5, 0.6) is 0 Å². The number of rotatable bonds is 8. The molecule has 1 fully saturated rings. The van der Waals surface area contributed by atoms with Crippen molar-refractivity contribution in [3.63, 3.8) is 0 Å². The first-order valence-corrected chi connectivity index (χ1v) is 11.1. The van der Waals surface area contributed by atoms with Gasteiger partial charge in [0.15, 0.2) is 5.96 Å². The van der Waals surface area contributed by atoms with Gasteiger partial charge in [-0.3, -0.25) is 4.21 Å². The normalized spacial score (nSPS) is 21.7. The number of benzene rings is 1. The average molecular weight is 398 g/mol. The molecule has 0 bridgehead atoms. The third-order valence-corrected chi connectivity index (χ3v) is 6.54. The van der Waals surface area contributed by atoms with Gasteiger partial charge in [0.25, 0.3) is 0 Å². The third-order valence-electron chi connectivity index (χ3n) is 4.80. The maximum atomic E-state index is 13.8. The molecule has 0 heterocycles. The molecule has 3 unspecified atom stereocenters. The van der Waals surface area contributed by atoms with E-state index < -0.39 is 10.8 Å². The molecular weight excluding hydrogens is 365 g/mol. The number of hydrogen-bond acceptors (Lipinski definition) is 3. The summed E-state index contributed by atoms with van der Waals surface area (Å²) in [6.07, 6.45) is 4.12. The van der Waals surface area contributed by atoms with Crippen molar-refractivity contribution in [2.45, 2.75) is 64.0 Å². The lowest BCUT2D eigenvalue weighted by Gasteiger charge is -2.30. The Bertz CT molecular complexity index is 654. The average Bonchev–Trinajstić information content (AvgIpc) is 2.68. The number of guanidine groups is 1. The SMILES string of the molecule is CCNC(=NCc1ccc(F)c(COC)c1)NC1CCCC(S(=O)CC)C1. The lowest BCUT2D eigenvalue weighted by Crippen LogP contribution is -2.46. The van der Waals surface area contributed by atoms with Gasteiger partial charge >= 0.3 is 0 Å². The summed E-state index contributed by atoms with van der Waals surface area (Å²) in [5, 5.41) is 7.04. The van der Waals surface area contributed by atoms with E-state index in [0.29, 0.717) is 12.1 Å². The van der Waals surface area contributed by atoms with Gasteiger partial charge in [-0.1, -0.05) is 19.4 Å². The first-order valence-electron chi connectivity index (χ1n) is 9.75. The zero-order valence-electron chi connectivity index (χ0n) is 16.6. The molecule has 1 saturated carbocycles. The molecule has 0 radical (unpaired) electrons. The topological polar surface area (TPSA) is 62.7 Å². The van der Waals surface area contributed by atoms with E-state index >= 15 is 0 Å². The molecule has 27 heavy (non-hydrogen) atoms. The van der Waals surface area contributed by atoms with Crippen molar-refractivity contribution in [3.8, 4) is 0 Å². The van der Waals surface area contributed by atoms with E-state index in [1.165, 1.54) is 6.07 Å². The summed E-state index contributed by atoms with van der Waals surface area (Å²) in [4.78, 5) is 4.65. The molecule has 1 aromatic rings. The van der Waals surface area contributed by atoms with E-state index in [9.17, 15) is 8.60 Å². The summed E-state index contributed by atoms with van der Waals surface area (Å²) < 4.78 is 30.9. The van der Waals surface area contributed by atoms with E-state index in [4.69, 9.17) is 4.74 Å². The van der Waals surface area contributed by atoms with Gasteiger partial charge in [-0.05, 0) is 43.9 Å². The number of halogens is 1. The van der Waals surface area contributed by atoms with Crippen LogP contribution in [0.2, 0.25) is 0 Å². The van der Waals surface area contributed by atoms with Crippen LogP contribution in [0.25, 0.3) is 0 Å². The van der Waals surface area contributed by atoms with Gasteiger partial charge in [0.2, 0.25) is 0 Å². The lowest BCUT2D eigenvalue weighted by atomic mass is 9.95. The minimum absolute atomic E-state index is 0.250. The van der Waals surface area contributed by atoms with E-state index in [0.717, 1.165) is 49.5 Å². The van der Waals surface area contributed by atoms with Gasteiger partial charge < -0.3 is 15.4 Å². The monoisotopic (exact) mass is 397 g/mol. The largest absolute Gasteiger partial charge is 0.380 e. The molecular formula is C20H32FN3O2S. The zero-order valence-corrected chi connectivity index (χ0v) is 17.4. The minimum Gasteiger partial charge on any atom is -0.380 e. The van der Waals surface area contributed by atoms with Crippen molar-refractivity contribution in [2.75, 3.05) is 19.4 Å². The maximum Gasteiger partial charge on any atom is 0.191 e. The Hall–Kier alpha value is -1.47. The minimum atomic E-state index is -0.741. The molecule has 152 valence electrons. The summed E-state index contributed by atoms with van der Waals surface area (Å²) in [5.41, 5.74) is 1.48. The van der Waals surface area contributed by atoms with Gasteiger partial charge in [0.05, 0.1) is 13.2 Å². The van der Waals surface area contributed by atoms with E-state index in [-0.39, 0.29) is 23.7 Å². The Morgan fingerprint density at radius 1 is 1.37 bits per heavy atom. The van der Waals surface area contributed by atoms with Crippen LogP contribution in [0.4, 0.5) is 4.39 Å². The second-order valence-corrected chi connectivity index (χ2v) is 8.86. The molecule has 3 atom stereocenters. The van der Waals surface area contributed by atoms with Crippen molar-refractivity contribution in [3.05, 3.63) is 35.1 Å². The highest BCUT2D eigenvalue weighted by Crippen LogP contribution is 2.23. The molecule has 1 aliphatic carbocycles. The summed E-state index contributed by atoms with van der Waals surface area (Å²) in [5.74, 6) is 1.22. The van der Waals surface area contributed by atoms with Crippen molar-refractivity contribution in [2.24, 2.45) is 4.99 Å². The first-order chi connectivity index (χ1) is 13.1. The Morgan fingerprint density at radius 3 is 2.89 bits per heavy atom. The number of nitrogens with one attached hydrogen (secondary N) is 2. The van der Waals surface area contributed by atoms with E-state index in [1.807, 2.05) is 13.8 Å². The molecule has 0 spiro atoms. The van der Waals surface area contributed by atoms with Gasteiger partial charge in [0, 0.05) is 47.1 Å². The highest BCUT2D eigenvalue weighted by molar-refractivity contribution is 7.85. The van der Waals surface area contributed by atoms with Crippen LogP contribution in [0, 0.1) is 5.82 Å². The van der Waals surface area contributed by atoms with Crippen LogP contribution in [-0.2, 0) is 28.7 Å². The fourth-order valence-corrected chi connectivity index (χ4v) is 4.77. The lowest BCUT2D eigenvalue weighted by molar-refractivity contribution is 0.181. The van der Waals surface area contributed by atoms with Crippen LogP contribution in [0.1, 0.15) is 50.7 Å². The summed E-state index contributed by atoms with van der Waals surface area (Å²) >= 11 is 0. The van der Waals surface area contributed by atoms with Crippen molar-refractivity contribution >= 4 is 16.8 Å². The first kappa shape index (κ1) is 21.8. The Morgan fingerprint density at radius 2 is 2.19 bits per heavy atom. The quantitative estimate of drug-likeness (QED) is 0.523. The van der Waals surface area contributed by atoms with Crippen LogP contribution >= 0.6 is 0 Å². The number of nitrogens with zero attached hydrogens (tertiary/aromatic N) is 1. The second kappa shape index (κ2) is 11.4.